The third-order valence-corrected chi connectivity index (χ3v) is 5.37. The zero-order valence-corrected chi connectivity index (χ0v) is 17.7. The molecule has 2 aromatic rings. The SMILES string of the molecule is CCC(Oc1ccc(/C=C2/SC(=O)N(c3cccc(Cl)c3)C2=O)cc1OC)C(=O)O. The van der Waals surface area contributed by atoms with E-state index in [4.69, 9.17) is 21.1 Å². The van der Waals surface area contributed by atoms with Gasteiger partial charge in [-0.15, -0.1) is 0 Å². The van der Waals surface area contributed by atoms with Crippen molar-refractivity contribution in [1.82, 2.24) is 0 Å². The number of carbonyl (C=O) groups is 3. The van der Waals surface area contributed by atoms with E-state index < -0.39 is 23.2 Å². The van der Waals surface area contributed by atoms with Gasteiger partial charge < -0.3 is 14.6 Å². The van der Waals surface area contributed by atoms with Crippen LogP contribution in [0.5, 0.6) is 11.5 Å². The predicted molar refractivity (Wildman–Crippen MR) is 115 cm³/mol. The Balaban J connectivity index is 1.87. The van der Waals surface area contributed by atoms with Crippen molar-refractivity contribution in [1.29, 1.82) is 0 Å². The Bertz CT molecular complexity index is 1040. The lowest BCUT2D eigenvalue weighted by Gasteiger charge is -2.16. The molecule has 0 aromatic heterocycles. The van der Waals surface area contributed by atoms with Crippen LogP contribution in [0.1, 0.15) is 18.9 Å². The summed E-state index contributed by atoms with van der Waals surface area (Å²) in [5.41, 5.74) is 0.994. The highest BCUT2D eigenvalue weighted by Gasteiger charge is 2.36. The standard InChI is InChI=1S/C21H18ClNO6S/c1-3-15(20(25)26)29-16-8-7-12(9-17(16)28-2)10-18-19(24)23(21(27)30-18)14-6-4-5-13(22)11-14/h4-11,15H,3H2,1-2H3,(H,25,26)/b18-10+. The third kappa shape index (κ3) is 4.60. The van der Waals surface area contributed by atoms with Crippen LogP contribution in [-0.2, 0) is 9.59 Å². The van der Waals surface area contributed by atoms with E-state index in [9.17, 15) is 19.5 Å². The number of hydrogen-bond donors (Lipinski definition) is 1. The number of ether oxygens (including phenoxy) is 2. The summed E-state index contributed by atoms with van der Waals surface area (Å²) >= 11 is 6.78. The lowest BCUT2D eigenvalue weighted by atomic mass is 10.1. The number of methoxy groups -OCH3 is 1. The number of amides is 2. The van der Waals surface area contributed by atoms with Crippen LogP contribution >= 0.6 is 23.4 Å². The fourth-order valence-electron chi connectivity index (χ4n) is 2.79. The number of thioether (sulfide) groups is 1. The van der Waals surface area contributed by atoms with E-state index in [2.05, 4.69) is 0 Å². The van der Waals surface area contributed by atoms with E-state index in [1.165, 1.54) is 7.11 Å². The van der Waals surface area contributed by atoms with E-state index in [0.717, 1.165) is 16.7 Å². The minimum absolute atomic E-state index is 0.243. The van der Waals surface area contributed by atoms with Gasteiger partial charge in [-0.2, -0.15) is 0 Å². The van der Waals surface area contributed by atoms with Crippen LogP contribution in [0.4, 0.5) is 10.5 Å². The molecule has 9 heteroatoms. The molecule has 156 valence electrons. The van der Waals surface area contributed by atoms with Gasteiger partial charge in [0.15, 0.2) is 17.6 Å². The molecule has 2 amide bonds. The molecule has 1 heterocycles. The second-order valence-corrected chi connectivity index (χ2v) is 7.69. The third-order valence-electron chi connectivity index (χ3n) is 4.26. The molecular formula is C21H18ClNO6S. The Kier molecular flexibility index (Phi) is 6.69. The molecule has 0 radical (unpaired) electrons. The van der Waals surface area contributed by atoms with Crippen LogP contribution in [0.3, 0.4) is 0 Å². The summed E-state index contributed by atoms with van der Waals surface area (Å²) in [6.07, 6.45) is 0.853. The fourth-order valence-corrected chi connectivity index (χ4v) is 3.82. The number of aliphatic carboxylic acids is 1. The highest BCUT2D eigenvalue weighted by atomic mass is 35.5. The van der Waals surface area contributed by atoms with E-state index in [-0.39, 0.29) is 17.1 Å². The average Bonchev–Trinajstić information content (AvgIpc) is 2.99. The first kappa shape index (κ1) is 21.7. The van der Waals surface area contributed by atoms with Crippen LogP contribution in [-0.4, -0.2) is 35.4 Å². The van der Waals surface area contributed by atoms with Gasteiger partial charge in [0.25, 0.3) is 11.1 Å². The summed E-state index contributed by atoms with van der Waals surface area (Å²) in [6, 6.07) is 11.3. The van der Waals surface area contributed by atoms with Gasteiger partial charge >= 0.3 is 5.97 Å². The molecule has 1 unspecified atom stereocenters. The van der Waals surface area contributed by atoms with Crippen molar-refractivity contribution in [2.75, 3.05) is 12.0 Å². The lowest BCUT2D eigenvalue weighted by Crippen LogP contribution is -2.27. The number of halogens is 1. The van der Waals surface area contributed by atoms with Crippen molar-refractivity contribution in [3.8, 4) is 11.5 Å². The molecule has 2 aromatic carbocycles. The molecule has 0 spiro atoms. The molecule has 1 aliphatic heterocycles. The van der Waals surface area contributed by atoms with E-state index in [0.29, 0.717) is 22.0 Å². The number of hydrogen-bond acceptors (Lipinski definition) is 6. The van der Waals surface area contributed by atoms with Crippen molar-refractivity contribution in [3.63, 3.8) is 0 Å². The summed E-state index contributed by atoms with van der Waals surface area (Å²) in [5, 5.41) is 9.17. The summed E-state index contributed by atoms with van der Waals surface area (Å²) in [4.78, 5) is 37.7. The van der Waals surface area contributed by atoms with E-state index >= 15 is 0 Å². The normalized spacial score (nSPS) is 16.1. The highest BCUT2D eigenvalue weighted by Crippen LogP contribution is 2.37. The quantitative estimate of drug-likeness (QED) is 0.607. The number of nitrogens with zero attached hydrogens (tertiary/aromatic N) is 1. The van der Waals surface area contributed by atoms with Crippen LogP contribution < -0.4 is 14.4 Å². The van der Waals surface area contributed by atoms with Crippen LogP contribution in [0.25, 0.3) is 6.08 Å². The number of carboxylic acid groups (broad SMARTS) is 1. The summed E-state index contributed by atoms with van der Waals surface area (Å²) in [7, 11) is 1.43. The second-order valence-electron chi connectivity index (χ2n) is 6.26. The smallest absolute Gasteiger partial charge is 0.344 e. The molecule has 3 rings (SSSR count). The average molecular weight is 448 g/mol. The van der Waals surface area contributed by atoms with Gasteiger partial charge in [-0.05, 0) is 60.2 Å². The van der Waals surface area contributed by atoms with Crippen molar-refractivity contribution in [3.05, 3.63) is 58.0 Å². The van der Waals surface area contributed by atoms with Gasteiger partial charge in [-0.3, -0.25) is 9.59 Å². The number of carbonyl (C=O) groups excluding carboxylic acids is 2. The largest absolute Gasteiger partial charge is 0.493 e. The maximum Gasteiger partial charge on any atom is 0.344 e. The summed E-state index contributed by atoms with van der Waals surface area (Å²) in [5.74, 6) is -0.935. The number of imide groups is 1. The molecule has 7 nitrogen and oxygen atoms in total. The maximum atomic E-state index is 12.8. The molecule has 1 fully saturated rings. The minimum atomic E-state index is -1.07. The Morgan fingerprint density at radius 1 is 1.23 bits per heavy atom. The van der Waals surface area contributed by atoms with Gasteiger partial charge in [0.2, 0.25) is 0 Å². The number of benzene rings is 2. The number of rotatable bonds is 7. The zero-order chi connectivity index (χ0) is 21.8. The topological polar surface area (TPSA) is 93.1 Å². The molecule has 0 saturated carbocycles. The van der Waals surface area contributed by atoms with Crippen molar-refractivity contribution in [2.24, 2.45) is 0 Å². The Morgan fingerprint density at radius 3 is 2.63 bits per heavy atom. The van der Waals surface area contributed by atoms with Gasteiger partial charge in [-0.1, -0.05) is 30.7 Å². The van der Waals surface area contributed by atoms with Crippen LogP contribution in [0.2, 0.25) is 5.02 Å². The van der Waals surface area contributed by atoms with Crippen molar-refractivity contribution < 1.29 is 29.0 Å². The zero-order valence-electron chi connectivity index (χ0n) is 16.1. The van der Waals surface area contributed by atoms with Crippen molar-refractivity contribution in [2.45, 2.75) is 19.4 Å². The first-order chi connectivity index (χ1) is 14.3. The number of anilines is 1. The van der Waals surface area contributed by atoms with E-state index in [1.54, 1.807) is 55.5 Å². The van der Waals surface area contributed by atoms with Crippen LogP contribution in [0.15, 0.2) is 47.4 Å². The Hall–Kier alpha value is -2.97. The van der Waals surface area contributed by atoms with E-state index in [1.807, 2.05) is 0 Å². The first-order valence-corrected chi connectivity index (χ1v) is 10.1. The minimum Gasteiger partial charge on any atom is -0.493 e. The molecule has 30 heavy (non-hydrogen) atoms. The maximum absolute atomic E-state index is 12.8. The van der Waals surface area contributed by atoms with Crippen molar-refractivity contribution >= 4 is 52.2 Å². The summed E-state index contributed by atoms with van der Waals surface area (Å²) < 4.78 is 10.8. The molecular weight excluding hydrogens is 430 g/mol. The monoisotopic (exact) mass is 447 g/mol. The number of carboxylic acids is 1. The van der Waals surface area contributed by atoms with Gasteiger partial charge in [0.1, 0.15) is 0 Å². The summed E-state index contributed by atoms with van der Waals surface area (Å²) in [6.45, 7) is 1.70. The predicted octanol–water partition coefficient (Wildman–Crippen LogP) is 4.83. The van der Waals surface area contributed by atoms with Gasteiger partial charge in [-0.25, -0.2) is 9.69 Å². The molecule has 1 aliphatic rings. The lowest BCUT2D eigenvalue weighted by molar-refractivity contribution is -0.145. The molecule has 1 N–H and O–H groups in total. The fraction of sp³-hybridized carbons (Fsp3) is 0.190. The highest BCUT2D eigenvalue weighted by molar-refractivity contribution is 8.19. The van der Waals surface area contributed by atoms with Gasteiger partial charge in [0.05, 0.1) is 17.7 Å². The van der Waals surface area contributed by atoms with Gasteiger partial charge in [0, 0.05) is 5.02 Å². The molecule has 1 atom stereocenters. The molecule has 0 bridgehead atoms. The Labute approximate surface area is 182 Å². The second kappa shape index (κ2) is 9.23. The first-order valence-electron chi connectivity index (χ1n) is 8.95. The van der Waals surface area contributed by atoms with Crippen LogP contribution in [0, 0.1) is 0 Å². The Morgan fingerprint density at radius 2 is 2.00 bits per heavy atom. The molecule has 1 saturated heterocycles. The molecule has 0 aliphatic carbocycles.